The van der Waals surface area contributed by atoms with Crippen LogP contribution in [0, 0.1) is 3.57 Å². The molecule has 1 aromatic carbocycles. The zero-order valence-corrected chi connectivity index (χ0v) is 10.6. The van der Waals surface area contributed by atoms with Gasteiger partial charge in [-0.05, 0) is 40.8 Å². The zero-order valence-electron chi connectivity index (χ0n) is 7.69. The van der Waals surface area contributed by atoms with E-state index in [9.17, 15) is 0 Å². The van der Waals surface area contributed by atoms with Gasteiger partial charge >= 0.3 is 0 Å². The summed E-state index contributed by atoms with van der Waals surface area (Å²) in [5.74, 6) is 0. The van der Waals surface area contributed by atoms with Crippen molar-refractivity contribution in [3.63, 3.8) is 0 Å². The molecule has 0 saturated heterocycles. The lowest BCUT2D eigenvalue weighted by Crippen LogP contribution is -1.97. The molecule has 0 aliphatic heterocycles. The van der Waals surface area contributed by atoms with Crippen molar-refractivity contribution in [2.24, 2.45) is 5.73 Å². The van der Waals surface area contributed by atoms with Gasteiger partial charge in [-0.3, -0.25) is 0 Å². The summed E-state index contributed by atoms with van der Waals surface area (Å²) in [7, 11) is 0. The molecular weight excluding hydrogens is 326 g/mol. The van der Waals surface area contributed by atoms with Crippen LogP contribution < -0.4 is 5.73 Å². The van der Waals surface area contributed by atoms with Gasteiger partial charge in [0.05, 0.1) is 17.6 Å². The monoisotopic (exact) mass is 334 g/mol. The van der Waals surface area contributed by atoms with E-state index < -0.39 is 0 Å². The quantitative estimate of drug-likeness (QED) is 0.855. The second-order valence-electron chi connectivity index (χ2n) is 2.95. The van der Waals surface area contributed by atoms with Gasteiger partial charge in [0.1, 0.15) is 0 Å². The number of rotatable bonds is 2. The number of hydrogen-bond donors (Lipinski definition) is 1. The van der Waals surface area contributed by atoms with Gasteiger partial charge in [0, 0.05) is 15.1 Å². The molecule has 0 saturated carbocycles. The van der Waals surface area contributed by atoms with E-state index in [1.165, 1.54) is 0 Å². The Morgan fingerprint density at radius 1 is 1.47 bits per heavy atom. The number of hydrogen-bond acceptors (Lipinski definition) is 3. The molecule has 1 heterocycles. The summed E-state index contributed by atoms with van der Waals surface area (Å²) in [6, 6.07) is 5.60. The molecule has 0 aliphatic rings. The van der Waals surface area contributed by atoms with Crippen LogP contribution in [0.3, 0.4) is 0 Å². The maximum Gasteiger partial charge on any atom is 0.0967 e. The van der Waals surface area contributed by atoms with Crippen molar-refractivity contribution in [1.82, 2.24) is 15.0 Å². The standard InChI is InChI=1S/C9H8ClIN4/c10-6-1-2-9(8(11)3-6)15-5-7(4-12)13-14-15/h1-3,5H,4,12H2. The molecule has 0 bridgehead atoms. The number of halogens is 2. The fourth-order valence-corrected chi connectivity index (χ4v) is 2.30. The van der Waals surface area contributed by atoms with Gasteiger partial charge in [-0.25, -0.2) is 4.68 Å². The van der Waals surface area contributed by atoms with Crippen LogP contribution in [-0.4, -0.2) is 15.0 Å². The van der Waals surface area contributed by atoms with Gasteiger partial charge in [0.15, 0.2) is 0 Å². The molecule has 6 heteroatoms. The van der Waals surface area contributed by atoms with Gasteiger partial charge in [0.2, 0.25) is 0 Å². The predicted molar refractivity (Wildman–Crippen MR) is 67.0 cm³/mol. The summed E-state index contributed by atoms with van der Waals surface area (Å²) in [5.41, 5.74) is 7.18. The van der Waals surface area contributed by atoms with Crippen molar-refractivity contribution in [2.75, 3.05) is 0 Å². The Morgan fingerprint density at radius 3 is 2.87 bits per heavy atom. The first-order valence-corrected chi connectivity index (χ1v) is 5.73. The van der Waals surface area contributed by atoms with Crippen LogP contribution in [0.25, 0.3) is 5.69 Å². The topological polar surface area (TPSA) is 56.7 Å². The molecule has 0 aliphatic carbocycles. The van der Waals surface area contributed by atoms with Gasteiger partial charge < -0.3 is 5.73 Å². The largest absolute Gasteiger partial charge is 0.325 e. The first-order valence-electron chi connectivity index (χ1n) is 4.27. The molecule has 4 nitrogen and oxygen atoms in total. The summed E-state index contributed by atoms with van der Waals surface area (Å²) in [4.78, 5) is 0. The van der Waals surface area contributed by atoms with E-state index in [1.807, 2.05) is 24.4 Å². The lowest BCUT2D eigenvalue weighted by atomic mass is 10.3. The Morgan fingerprint density at radius 2 is 2.27 bits per heavy atom. The molecular formula is C9H8ClIN4. The van der Waals surface area contributed by atoms with Crippen LogP contribution in [0.1, 0.15) is 5.69 Å². The number of nitrogens with zero attached hydrogens (tertiary/aromatic N) is 3. The van der Waals surface area contributed by atoms with Crippen LogP contribution in [0.5, 0.6) is 0 Å². The van der Waals surface area contributed by atoms with Crippen LogP contribution in [0.4, 0.5) is 0 Å². The van der Waals surface area contributed by atoms with E-state index in [0.29, 0.717) is 11.6 Å². The Balaban J connectivity index is 2.44. The average molecular weight is 335 g/mol. The first-order chi connectivity index (χ1) is 7.20. The summed E-state index contributed by atoms with van der Waals surface area (Å²) in [5, 5.41) is 8.62. The Kier molecular flexibility index (Phi) is 3.22. The minimum Gasteiger partial charge on any atom is -0.325 e. The number of benzene rings is 1. The highest BCUT2D eigenvalue weighted by Gasteiger charge is 2.05. The molecule has 0 radical (unpaired) electrons. The zero-order chi connectivity index (χ0) is 10.8. The van der Waals surface area contributed by atoms with E-state index in [1.54, 1.807) is 4.68 Å². The first kappa shape index (κ1) is 10.8. The fourth-order valence-electron chi connectivity index (χ4n) is 1.18. The molecule has 0 atom stereocenters. The van der Waals surface area contributed by atoms with Crippen molar-refractivity contribution < 1.29 is 0 Å². The Bertz CT molecular complexity index is 483. The highest BCUT2D eigenvalue weighted by molar-refractivity contribution is 14.1. The van der Waals surface area contributed by atoms with E-state index in [-0.39, 0.29) is 0 Å². The summed E-state index contributed by atoms with van der Waals surface area (Å²) >= 11 is 8.07. The third-order valence-corrected chi connectivity index (χ3v) is 3.01. The highest BCUT2D eigenvalue weighted by Crippen LogP contribution is 2.20. The maximum absolute atomic E-state index is 5.87. The normalized spacial score (nSPS) is 10.6. The maximum atomic E-state index is 5.87. The molecule has 0 fully saturated rings. The van der Waals surface area contributed by atoms with E-state index in [4.69, 9.17) is 17.3 Å². The molecule has 0 amide bonds. The van der Waals surface area contributed by atoms with Crippen molar-refractivity contribution in [3.05, 3.63) is 38.7 Å². The van der Waals surface area contributed by atoms with E-state index >= 15 is 0 Å². The third-order valence-electron chi connectivity index (χ3n) is 1.91. The van der Waals surface area contributed by atoms with Crippen LogP contribution >= 0.6 is 34.2 Å². The number of aromatic nitrogens is 3. The summed E-state index contributed by atoms with van der Waals surface area (Å²) < 4.78 is 2.72. The molecule has 78 valence electrons. The SMILES string of the molecule is NCc1cn(-c2ccc(Cl)cc2I)nn1. The van der Waals surface area contributed by atoms with Crippen LogP contribution in [-0.2, 0) is 6.54 Å². The Labute approximate surface area is 106 Å². The number of nitrogens with two attached hydrogens (primary N) is 1. The fraction of sp³-hybridized carbons (Fsp3) is 0.111. The second kappa shape index (κ2) is 4.46. The third kappa shape index (κ3) is 2.30. The minimum atomic E-state index is 0.393. The van der Waals surface area contributed by atoms with Gasteiger partial charge in [-0.2, -0.15) is 0 Å². The van der Waals surface area contributed by atoms with Crippen molar-refractivity contribution in [2.45, 2.75) is 6.54 Å². The average Bonchev–Trinajstić information content (AvgIpc) is 2.66. The van der Waals surface area contributed by atoms with Crippen molar-refractivity contribution >= 4 is 34.2 Å². The lowest BCUT2D eigenvalue weighted by Gasteiger charge is -2.03. The van der Waals surface area contributed by atoms with E-state index in [0.717, 1.165) is 15.0 Å². The molecule has 2 rings (SSSR count). The Hall–Kier alpha value is -0.660. The van der Waals surface area contributed by atoms with Gasteiger partial charge in [0.25, 0.3) is 0 Å². The van der Waals surface area contributed by atoms with E-state index in [2.05, 4.69) is 32.9 Å². The highest BCUT2D eigenvalue weighted by atomic mass is 127. The second-order valence-corrected chi connectivity index (χ2v) is 4.55. The van der Waals surface area contributed by atoms with Gasteiger partial charge in [-0.1, -0.05) is 16.8 Å². The van der Waals surface area contributed by atoms with Crippen molar-refractivity contribution in [1.29, 1.82) is 0 Å². The predicted octanol–water partition coefficient (Wildman–Crippen LogP) is 1.98. The van der Waals surface area contributed by atoms with Crippen LogP contribution in [0.15, 0.2) is 24.4 Å². The molecule has 0 spiro atoms. The lowest BCUT2D eigenvalue weighted by molar-refractivity contribution is 0.794. The molecule has 1 aromatic heterocycles. The van der Waals surface area contributed by atoms with Gasteiger partial charge in [-0.15, -0.1) is 5.10 Å². The van der Waals surface area contributed by atoms with Crippen molar-refractivity contribution in [3.8, 4) is 5.69 Å². The summed E-state index contributed by atoms with van der Waals surface area (Å²) in [6.07, 6.45) is 1.81. The smallest absolute Gasteiger partial charge is 0.0967 e. The minimum absolute atomic E-state index is 0.393. The molecule has 2 N–H and O–H groups in total. The molecule has 2 aromatic rings. The molecule has 0 unspecified atom stereocenters. The van der Waals surface area contributed by atoms with Crippen LogP contribution in [0.2, 0.25) is 5.02 Å². The molecule has 15 heavy (non-hydrogen) atoms. The summed E-state index contributed by atoms with van der Waals surface area (Å²) in [6.45, 7) is 0.393.